The minimum atomic E-state index is -0.836. The van der Waals surface area contributed by atoms with E-state index in [2.05, 4.69) is 4.90 Å². The van der Waals surface area contributed by atoms with Crippen LogP contribution in [0.5, 0.6) is 0 Å². The highest BCUT2D eigenvalue weighted by molar-refractivity contribution is 5.85. The lowest BCUT2D eigenvalue weighted by atomic mass is 9.95. The lowest BCUT2D eigenvalue weighted by Gasteiger charge is -2.29. The molecule has 1 aliphatic carbocycles. The van der Waals surface area contributed by atoms with Gasteiger partial charge in [0.25, 0.3) is 0 Å². The summed E-state index contributed by atoms with van der Waals surface area (Å²) in [6, 6.07) is 4.96. The average Bonchev–Trinajstić information content (AvgIpc) is 3.21. The maximum atomic E-state index is 14.2. The van der Waals surface area contributed by atoms with Crippen molar-refractivity contribution in [2.24, 2.45) is 0 Å². The Kier molecular flexibility index (Phi) is 2.96. The Balaban J connectivity index is 1.88. The van der Waals surface area contributed by atoms with Gasteiger partial charge < -0.3 is 10.0 Å². The third kappa shape index (κ3) is 2.09. The molecule has 4 heteroatoms. The number of hydrogen-bond acceptors (Lipinski definition) is 2. The van der Waals surface area contributed by atoms with E-state index in [1.807, 2.05) is 0 Å². The number of carboxylic acids is 1. The number of carboxylic acid groups (broad SMARTS) is 1. The van der Waals surface area contributed by atoms with Crippen molar-refractivity contribution >= 4 is 11.7 Å². The van der Waals surface area contributed by atoms with E-state index in [1.54, 1.807) is 12.1 Å². The van der Waals surface area contributed by atoms with Crippen LogP contribution in [0.3, 0.4) is 0 Å². The van der Waals surface area contributed by atoms with Crippen molar-refractivity contribution in [2.75, 3.05) is 18.0 Å². The lowest BCUT2D eigenvalue weighted by molar-refractivity contribution is -0.140. The van der Waals surface area contributed by atoms with Gasteiger partial charge in [-0.2, -0.15) is 0 Å². The molecule has 0 bridgehead atoms. The largest absolute Gasteiger partial charge is 0.481 e. The number of nitrogens with zero attached hydrogens (tertiary/aromatic N) is 1. The molecule has 1 heterocycles. The highest BCUT2D eigenvalue weighted by Crippen LogP contribution is 2.49. The zero-order chi connectivity index (χ0) is 13.5. The van der Waals surface area contributed by atoms with Crippen molar-refractivity contribution in [3.63, 3.8) is 0 Å². The normalized spacial score (nSPS) is 21.2. The second kappa shape index (κ2) is 4.51. The van der Waals surface area contributed by atoms with Crippen LogP contribution in [-0.4, -0.2) is 24.2 Å². The number of benzene rings is 1. The molecule has 1 aliphatic heterocycles. The van der Waals surface area contributed by atoms with E-state index in [-0.39, 0.29) is 5.82 Å². The Hall–Kier alpha value is -1.58. The molecule has 0 unspecified atom stereocenters. The summed E-state index contributed by atoms with van der Waals surface area (Å²) in [5, 5.41) is 9.23. The molecule has 102 valence electrons. The second-order valence-corrected chi connectivity index (χ2v) is 5.60. The smallest absolute Gasteiger partial charge is 0.314 e. The van der Waals surface area contributed by atoms with E-state index in [1.165, 1.54) is 12.5 Å². The molecule has 2 aliphatic rings. The molecule has 19 heavy (non-hydrogen) atoms. The molecule has 3 rings (SSSR count). The Morgan fingerprint density at radius 2 is 1.89 bits per heavy atom. The van der Waals surface area contributed by atoms with Gasteiger partial charge in [0.15, 0.2) is 0 Å². The van der Waals surface area contributed by atoms with E-state index in [0.29, 0.717) is 24.1 Å². The molecule has 2 fully saturated rings. The number of anilines is 1. The zero-order valence-corrected chi connectivity index (χ0v) is 10.9. The van der Waals surface area contributed by atoms with E-state index >= 15 is 0 Å². The molecular weight excluding hydrogens is 245 g/mol. The maximum Gasteiger partial charge on any atom is 0.314 e. The summed E-state index contributed by atoms with van der Waals surface area (Å²) in [4.78, 5) is 13.3. The van der Waals surface area contributed by atoms with Crippen LogP contribution in [0.15, 0.2) is 18.2 Å². The predicted octanol–water partition coefficient (Wildman–Crippen LogP) is 2.93. The van der Waals surface area contributed by atoms with Crippen LogP contribution in [0.2, 0.25) is 0 Å². The van der Waals surface area contributed by atoms with Crippen LogP contribution >= 0.6 is 0 Å². The highest BCUT2D eigenvalue weighted by atomic mass is 19.1. The van der Waals surface area contributed by atoms with Crippen molar-refractivity contribution in [3.05, 3.63) is 29.6 Å². The minimum Gasteiger partial charge on any atom is -0.481 e. The predicted molar refractivity (Wildman–Crippen MR) is 71.0 cm³/mol. The minimum absolute atomic E-state index is 0.285. The van der Waals surface area contributed by atoms with Crippen LogP contribution in [0.4, 0.5) is 10.1 Å². The number of halogens is 1. The molecule has 1 N–H and O–H groups in total. The quantitative estimate of drug-likeness (QED) is 0.911. The highest BCUT2D eigenvalue weighted by Gasteiger charge is 2.51. The van der Waals surface area contributed by atoms with E-state index < -0.39 is 11.4 Å². The Morgan fingerprint density at radius 3 is 2.42 bits per heavy atom. The summed E-state index contributed by atoms with van der Waals surface area (Å²) in [6.45, 7) is 1.78. The number of carbonyl (C=O) groups is 1. The van der Waals surface area contributed by atoms with Crippen molar-refractivity contribution in [3.8, 4) is 0 Å². The summed E-state index contributed by atoms with van der Waals surface area (Å²) < 4.78 is 14.2. The van der Waals surface area contributed by atoms with Crippen LogP contribution in [0.1, 0.15) is 37.7 Å². The van der Waals surface area contributed by atoms with Gasteiger partial charge in [0, 0.05) is 13.1 Å². The van der Waals surface area contributed by atoms with E-state index in [9.17, 15) is 14.3 Å². The lowest BCUT2D eigenvalue weighted by Crippen LogP contribution is -2.30. The molecule has 0 radical (unpaired) electrons. The van der Waals surface area contributed by atoms with Gasteiger partial charge in [-0.3, -0.25) is 4.79 Å². The Morgan fingerprint density at radius 1 is 1.21 bits per heavy atom. The van der Waals surface area contributed by atoms with Gasteiger partial charge in [-0.05, 0) is 49.8 Å². The van der Waals surface area contributed by atoms with Gasteiger partial charge >= 0.3 is 5.97 Å². The van der Waals surface area contributed by atoms with Crippen molar-refractivity contribution in [2.45, 2.75) is 37.5 Å². The van der Waals surface area contributed by atoms with Gasteiger partial charge in [-0.1, -0.05) is 6.07 Å². The molecule has 3 nitrogen and oxygen atoms in total. The average molecular weight is 263 g/mol. The van der Waals surface area contributed by atoms with Crippen molar-refractivity contribution < 1.29 is 14.3 Å². The van der Waals surface area contributed by atoms with Gasteiger partial charge in [0.1, 0.15) is 5.82 Å². The topological polar surface area (TPSA) is 40.5 Å². The number of piperidine rings is 1. The van der Waals surface area contributed by atoms with Crippen molar-refractivity contribution in [1.29, 1.82) is 0 Å². The van der Waals surface area contributed by atoms with Gasteiger partial charge in [-0.25, -0.2) is 4.39 Å². The third-order valence-corrected chi connectivity index (χ3v) is 4.36. The van der Waals surface area contributed by atoms with E-state index in [4.69, 9.17) is 0 Å². The third-order valence-electron chi connectivity index (χ3n) is 4.36. The number of hydrogen-bond donors (Lipinski definition) is 1. The van der Waals surface area contributed by atoms with Crippen molar-refractivity contribution in [1.82, 2.24) is 0 Å². The first-order valence-corrected chi connectivity index (χ1v) is 6.92. The molecule has 1 aromatic rings. The molecule has 0 spiro atoms. The van der Waals surface area contributed by atoms with Crippen LogP contribution < -0.4 is 4.90 Å². The number of rotatable bonds is 3. The first kappa shape index (κ1) is 12.5. The SMILES string of the molecule is O=C(O)C1(c2ccc(N3CCCCC3)c(F)c2)CC1. The summed E-state index contributed by atoms with van der Waals surface area (Å²) in [6.07, 6.45) is 4.63. The fraction of sp³-hybridized carbons (Fsp3) is 0.533. The van der Waals surface area contributed by atoms with E-state index in [0.717, 1.165) is 25.9 Å². The second-order valence-electron chi connectivity index (χ2n) is 5.60. The maximum absolute atomic E-state index is 14.2. The zero-order valence-electron chi connectivity index (χ0n) is 10.9. The number of aliphatic carboxylic acids is 1. The molecule has 1 saturated carbocycles. The molecule has 1 saturated heterocycles. The van der Waals surface area contributed by atoms with Crippen LogP contribution in [0, 0.1) is 5.82 Å². The summed E-state index contributed by atoms with van der Waals surface area (Å²) in [7, 11) is 0. The van der Waals surface area contributed by atoms with Gasteiger partial charge in [-0.15, -0.1) is 0 Å². The first-order valence-electron chi connectivity index (χ1n) is 6.92. The van der Waals surface area contributed by atoms with Crippen LogP contribution in [0.25, 0.3) is 0 Å². The fourth-order valence-corrected chi connectivity index (χ4v) is 2.95. The molecule has 1 aromatic carbocycles. The Labute approximate surface area is 112 Å². The standard InChI is InChI=1S/C15H18FNO2/c16-12-10-11(15(6-7-15)14(18)19)4-5-13(12)17-8-2-1-3-9-17/h4-5,10H,1-3,6-9H2,(H,18,19). The monoisotopic (exact) mass is 263 g/mol. The summed E-state index contributed by atoms with van der Waals surface area (Å²) in [5.74, 6) is -1.12. The molecular formula is C15H18FNO2. The van der Waals surface area contributed by atoms with Gasteiger partial charge in [0.05, 0.1) is 11.1 Å². The summed E-state index contributed by atoms with van der Waals surface area (Å²) >= 11 is 0. The molecule has 0 aromatic heterocycles. The molecule has 0 atom stereocenters. The van der Waals surface area contributed by atoms with Gasteiger partial charge in [0.2, 0.25) is 0 Å². The van der Waals surface area contributed by atoms with Crippen LogP contribution in [-0.2, 0) is 10.2 Å². The summed E-state index contributed by atoms with van der Waals surface area (Å²) in [5.41, 5.74) is 0.407. The Bertz CT molecular complexity index is 505. The first-order chi connectivity index (χ1) is 9.13. The fourth-order valence-electron chi connectivity index (χ4n) is 2.95. The molecule has 0 amide bonds.